The molecule has 0 aromatic carbocycles. The number of hydrogen-bond acceptors (Lipinski definition) is 1. The molecule has 0 amide bonds. The predicted octanol–water partition coefficient (Wildman–Crippen LogP) is 3.19. The Kier molecular flexibility index (Phi) is 2.90. The van der Waals surface area contributed by atoms with Crippen molar-refractivity contribution in [3.05, 3.63) is 17.2 Å². The SMILES string of the molecule is CCCCc1nc2c([nH]1)CCCC2C. The first-order chi connectivity index (χ1) is 6.81. The van der Waals surface area contributed by atoms with Crippen molar-refractivity contribution in [1.82, 2.24) is 9.97 Å². The number of nitrogens with zero attached hydrogens (tertiary/aromatic N) is 1. The average molecular weight is 192 g/mol. The number of aromatic amines is 1. The molecule has 0 radical (unpaired) electrons. The van der Waals surface area contributed by atoms with Crippen LogP contribution in [0.4, 0.5) is 0 Å². The Morgan fingerprint density at radius 2 is 2.36 bits per heavy atom. The Balaban J connectivity index is 2.13. The number of rotatable bonds is 3. The van der Waals surface area contributed by atoms with Crippen molar-refractivity contribution in [1.29, 1.82) is 0 Å². The number of aryl methyl sites for hydroxylation is 2. The Labute approximate surface area is 86.1 Å². The van der Waals surface area contributed by atoms with Crippen LogP contribution in [0.2, 0.25) is 0 Å². The minimum atomic E-state index is 0.672. The van der Waals surface area contributed by atoms with E-state index in [-0.39, 0.29) is 0 Å². The predicted molar refractivity (Wildman–Crippen MR) is 58.6 cm³/mol. The molecule has 1 heterocycles. The Morgan fingerprint density at radius 3 is 3.07 bits per heavy atom. The third kappa shape index (κ3) is 1.84. The zero-order chi connectivity index (χ0) is 9.97. The largest absolute Gasteiger partial charge is 0.346 e. The van der Waals surface area contributed by atoms with Gasteiger partial charge in [-0.3, -0.25) is 0 Å². The molecule has 0 fully saturated rings. The van der Waals surface area contributed by atoms with Crippen molar-refractivity contribution in [2.45, 2.75) is 58.3 Å². The van der Waals surface area contributed by atoms with Crippen LogP contribution in [-0.4, -0.2) is 9.97 Å². The fraction of sp³-hybridized carbons (Fsp3) is 0.750. The highest BCUT2D eigenvalue weighted by molar-refractivity contribution is 5.21. The van der Waals surface area contributed by atoms with Gasteiger partial charge < -0.3 is 4.98 Å². The van der Waals surface area contributed by atoms with Crippen LogP contribution in [0.15, 0.2) is 0 Å². The zero-order valence-corrected chi connectivity index (χ0v) is 9.27. The first-order valence-electron chi connectivity index (χ1n) is 5.89. The monoisotopic (exact) mass is 192 g/mol. The van der Waals surface area contributed by atoms with Gasteiger partial charge in [0.15, 0.2) is 0 Å². The molecule has 14 heavy (non-hydrogen) atoms. The molecule has 2 heteroatoms. The molecule has 1 aromatic rings. The lowest BCUT2D eigenvalue weighted by molar-refractivity contribution is 0.574. The molecule has 2 rings (SSSR count). The van der Waals surface area contributed by atoms with E-state index in [1.54, 1.807) is 0 Å². The normalized spacial score (nSPS) is 20.9. The van der Waals surface area contributed by atoms with E-state index in [0.717, 1.165) is 6.42 Å². The lowest BCUT2D eigenvalue weighted by atomic mass is 9.92. The molecule has 0 bridgehead atoms. The van der Waals surface area contributed by atoms with Crippen LogP contribution in [0, 0.1) is 0 Å². The minimum Gasteiger partial charge on any atom is -0.346 e. The van der Waals surface area contributed by atoms with Gasteiger partial charge in [0.1, 0.15) is 5.82 Å². The lowest BCUT2D eigenvalue weighted by Gasteiger charge is -2.15. The number of imidazole rings is 1. The molecule has 0 aliphatic heterocycles. The van der Waals surface area contributed by atoms with E-state index in [4.69, 9.17) is 4.98 Å². The molecule has 1 N–H and O–H groups in total. The fourth-order valence-corrected chi connectivity index (χ4v) is 2.26. The summed E-state index contributed by atoms with van der Waals surface area (Å²) in [5.74, 6) is 1.89. The molecule has 0 saturated heterocycles. The minimum absolute atomic E-state index is 0.672. The first-order valence-corrected chi connectivity index (χ1v) is 5.89. The second-order valence-electron chi connectivity index (χ2n) is 4.44. The van der Waals surface area contributed by atoms with E-state index in [2.05, 4.69) is 18.8 Å². The van der Waals surface area contributed by atoms with Crippen molar-refractivity contribution in [3.63, 3.8) is 0 Å². The van der Waals surface area contributed by atoms with Gasteiger partial charge in [-0.15, -0.1) is 0 Å². The number of hydrogen-bond donors (Lipinski definition) is 1. The topological polar surface area (TPSA) is 28.7 Å². The smallest absolute Gasteiger partial charge is 0.106 e. The molecular formula is C12H20N2. The number of nitrogens with one attached hydrogen (secondary N) is 1. The Morgan fingerprint density at radius 1 is 1.50 bits per heavy atom. The second-order valence-corrected chi connectivity index (χ2v) is 4.44. The molecule has 0 spiro atoms. The van der Waals surface area contributed by atoms with E-state index in [1.807, 2.05) is 0 Å². The Hall–Kier alpha value is -0.790. The summed E-state index contributed by atoms with van der Waals surface area (Å²) in [5.41, 5.74) is 2.76. The third-order valence-electron chi connectivity index (χ3n) is 3.16. The first kappa shape index (κ1) is 9.75. The van der Waals surface area contributed by atoms with Gasteiger partial charge in [0, 0.05) is 18.0 Å². The van der Waals surface area contributed by atoms with E-state index in [9.17, 15) is 0 Å². The summed E-state index contributed by atoms with van der Waals surface area (Å²) in [4.78, 5) is 8.20. The number of H-pyrrole nitrogens is 1. The molecule has 1 unspecified atom stereocenters. The summed E-state index contributed by atoms with van der Waals surface area (Å²) in [6.07, 6.45) is 7.46. The van der Waals surface area contributed by atoms with E-state index in [1.165, 1.54) is 49.3 Å². The van der Waals surface area contributed by atoms with Crippen LogP contribution in [-0.2, 0) is 12.8 Å². The molecular weight excluding hydrogens is 172 g/mol. The molecule has 1 atom stereocenters. The average Bonchev–Trinajstić information content (AvgIpc) is 2.59. The van der Waals surface area contributed by atoms with Crippen LogP contribution in [0.25, 0.3) is 0 Å². The highest BCUT2D eigenvalue weighted by Gasteiger charge is 2.20. The second kappa shape index (κ2) is 4.16. The quantitative estimate of drug-likeness (QED) is 0.782. The lowest BCUT2D eigenvalue weighted by Crippen LogP contribution is -2.05. The fourth-order valence-electron chi connectivity index (χ4n) is 2.26. The van der Waals surface area contributed by atoms with Gasteiger partial charge in [-0.05, 0) is 25.7 Å². The van der Waals surface area contributed by atoms with Gasteiger partial charge in [-0.1, -0.05) is 20.3 Å². The van der Waals surface area contributed by atoms with Gasteiger partial charge in [-0.25, -0.2) is 4.98 Å². The van der Waals surface area contributed by atoms with E-state index >= 15 is 0 Å². The van der Waals surface area contributed by atoms with Crippen LogP contribution >= 0.6 is 0 Å². The number of aromatic nitrogens is 2. The van der Waals surface area contributed by atoms with E-state index < -0.39 is 0 Å². The van der Waals surface area contributed by atoms with Gasteiger partial charge in [-0.2, -0.15) is 0 Å². The zero-order valence-electron chi connectivity index (χ0n) is 9.27. The van der Waals surface area contributed by atoms with E-state index in [0.29, 0.717) is 5.92 Å². The van der Waals surface area contributed by atoms with Crippen LogP contribution < -0.4 is 0 Å². The third-order valence-corrected chi connectivity index (χ3v) is 3.16. The molecule has 2 nitrogen and oxygen atoms in total. The summed E-state index contributed by atoms with van der Waals surface area (Å²) >= 11 is 0. The van der Waals surface area contributed by atoms with Gasteiger partial charge >= 0.3 is 0 Å². The maximum atomic E-state index is 4.71. The Bertz CT molecular complexity index is 301. The van der Waals surface area contributed by atoms with Gasteiger partial charge in [0.05, 0.1) is 5.69 Å². The van der Waals surface area contributed by atoms with Gasteiger partial charge in [0.25, 0.3) is 0 Å². The summed E-state index contributed by atoms with van der Waals surface area (Å²) in [5, 5.41) is 0. The molecule has 0 saturated carbocycles. The van der Waals surface area contributed by atoms with Crippen molar-refractivity contribution < 1.29 is 0 Å². The number of fused-ring (bicyclic) bond motifs is 1. The summed E-state index contributed by atoms with van der Waals surface area (Å²) in [6, 6.07) is 0. The molecule has 1 aliphatic rings. The van der Waals surface area contributed by atoms with Crippen LogP contribution in [0.5, 0.6) is 0 Å². The maximum Gasteiger partial charge on any atom is 0.106 e. The van der Waals surface area contributed by atoms with Gasteiger partial charge in [0.2, 0.25) is 0 Å². The van der Waals surface area contributed by atoms with Crippen molar-refractivity contribution in [2.24, 2.45) is 0 Å². The summed E-state index contributed by atoms with van der Waals surface area (Å²) in [6.45, 7) is 4.52. The van der Waals surface area contributed by atoms with Crippen molar-refractivity contribution >= 4 is 0 Å². The maximum absolute atomic E-state index is 4.71. The molecule has 1 aromatic heterocycles. The van der Waals surface area contributed by atoms with Crippen molar-refractivity contribution in [3.8, 4) is 0 Å². The standard InChI is InChI=1S/C12H20N2/c1-3-4-8-11-13-10-7-5-6-9(2)12(10)14-11/h9H,3-8H2,1-2H3,(H,13,14). The number of unbranched alkanes of at least 4 members (excludes halogenated alkanes) is 1. The van der Waals surface area contributed by atoms with Crippen molar-refractivity contribution in [2.75, 3.05) is 0 Å². The highest BCUT2D eigenvalue weighted by Crippen LogP contribution is 2.29. The highest BCUT2D eigenvalue weighted by atomic mass is 14.9. The molecule has 1 aliphatic carbocycles. The summed E-state index contributed by atoms with van der Waals surface area (Å²) in [7, 11) is 0. The molecule has 78 valence electrons. The van der Waals surface area contributed by atoms with Crippen LogP contribution in [0.1, 0.15) is 62.7 Å². The summed E-state index contributed by atoms with van der Waals surface area (Å²) < 4.78 is 0. The van der Waals surface area contributed by atoms with Crippen LogP contribution in [0.3, 0.4) is 0 Å².